The third-order valence-corrected chi connectivity index (χ3v) is 3.71. The van der Waals surface area contributed by atoms with Crippen molar-refractivity contribution in [2.24, 2.45) is 5.92 Å². The fraction of sp³-hybridized carbons (Fsp3) is 0.857. The fourth-order valence-corrected chi connectivity index (χ4v) is 2.52. The van der Waals surface area contributed by atoms with E-state index in [0.717, 1.165) is 31.6 Å². The van der Waals surface area contributed by atoms with Gasteiger partial charge in [-0.1, -0.05) is 20.4 Å². The summed E-state index contributed by atoms with van der Waals surface area (Å²) in [6.45, 7) is 11.7. The van der Waals surface area contributed by atoms with Crippen LogP contribution >= 0.6 is 0 Å². The summed E-state index contributed by atoms with van der Waals surface area (Å²) in [5, 5.41) is 3.34. The number of nitrogens with one attached hydrogen (secondary N) is 1. The molecule has 2 nitrogen and oxygen atoms in total. The summed E-state index contributed by atoms with van der Waals surface area (Å²) in [7, 11) is 2.25. The maximum Gasteiger partial charge on any atom is 0.0202 e. The molecule has 0 unspecified atom stereocenters. The van der Waals surface area contributed by atoms with Crippen LogP contribution in [0.15, 0.2) is 12.2 Å². The van der Waals surface area contributed by atoms with E-state index in [1.54, 1.807) is 0 Å². The molecule has 0 heterocycles. The van der Waals surface area contributed by atoms with Crippen molar-refractivity contribution in [1.29, 1.82) is 0 Å². The second-order valence-corrected chi connectivity index (χ2v) is 5.36. The Bertz CT molecular complexity index is 205. The van der Waals surface area contributed by atoms with Crippen LogP contribution in [0, 0.1) is 5.92 Å². The molecule has 0 aromatic carbocycles. The Balaban J connectivity index is 2.23. The van der Waals surface area contributed by atoms with Crippen LogP contribution in [0.5, 0.6) is 0 Å². The summed E-state index contributed by atoms with van der Waals surface area (Å²) in [5.74, 6) is 0.939. The molecule has 0 radical (unpaired) electrons. The van der Waals surface area contributed by atoms with Crippen LogP contribution in [-0.4, -0.2) is 37.6 Å². The van der Waals surface area contributed by atoms with Gasteiger partial charge in [0.25, 0.3) is 0 Å². The minimum absolute atomic E-state index is 0.787. The molecule has 0 atom stereocenters. The fourth-order valence-electron chi connectivity index (χ4n) is 2.52. The highest BCUT2D eigenvalue weighted by molar-refractivity contribution is 5.00. The molecule has 0 spiro atoms. The molecule has 0 aliphatic heterocycles. The Morgan fingerprint density at radius 1 is 1.31 bits per heavy atom. The molecule has 94 valence electrons. The van der Waals surface area contributed by atoms with E-state index >= 15 is 0 Å². The van der Waals surface area contributed by atoms with E-state index in [0.29, 0.717) is 0 Å². The highest BCUT2D eigenvalue weighted by Crippen LogP contribution is 2.26. The average Bonchev–Trinajstić information content (AvgIpc) is 2.27. The van der Waals surface area contributed by atoms with Crippen LogP contribution in [0.25, 0.3) is 0 Å². The molecule has 1 N–H and O–H groups in total. The monoisotopic (exact) mass is 224 g/mol. The predicted molar refractivity (Wildman–Crippen MR) is 71.7 cm³/mol. The molecule has 1 aliphatic rings. The van der Waals surface area contributed by atoms with Gasteiger partial charge in [0.15, 0.2) is 0 Å². The molecule has 1 aliphatic carbocycles. The molecular weight excluding hydrogens is 196 g/mol. The van der Waals surface area contributed by atoms with Crippen molar-refractivity contribution < 1.29 is 0 Å². The summed E-state index contributed by atoms with van der Waals surface area (Å²) in [5.41, 5.74) is 1.31. The molecule has 1 rings (SSSR count). The molecule has 0 amide bonds. The molecule has 2 heteroatoms. The van der Waals surface area contributed by atoms with E-state index in [4.69, 9.17) is 0 Å². The Morgan fingerprint density at radius 3 is 2.50 bits per heavy atom. The van der Waals surface area contributed by atoms with Crippen molar-refractivity contribution in [2.45, 2.75) is 45.6 Å². The van der Waals surface area contributed by atoms with Gasteiger partial charge in [0.05, 0.1) is 0 Å². The van der Waals surface area contributed by atoms with E-state index in [-0.39, 0.29) is 0 Å². The molecule has 0 aromatic rings. The first kappa shape index (κ1) is 13.7. The number of nitrogens with zero attached hydrogens (tertiary/aromatic N) is 1. The van der Waals surface area contributed by atoms with E-state index < -0.39 is 0 Å². The molecule has 1 saturated carbocycles. The number of hydrogen-bond donors (Lipinski definition) is 1. The zero-order valence-electron chi connectivity index (χ0n) is 11.3. The summed E-state index contributed by atoms with van der Waals surface area (Å²) in [6, 6.07) is 0.787. The van der Waals surface area contributed by atoms with E-state index in [2.05, 4.69) is 37.7 Å². The Kier molecular flexibility index (Phi) is 6.07. The lowest BCUT2D eigenvalue weighted by atomic mass is 9.86. The quantitative estimate of drug-likeness (QED) is 0.698. The largest absolute Gasteiger partial charge is 0.313 e. The van der Waals surface area contributed by atoms with Gasteiger partial charge < -0.3 is 5.32 Å². The van der Waals surface area contributed by atoms with Gasteiger partial charge in [0.1, 0.15) is 0 Å². The first-order valence-electron chi connectivity index (χ1n) is 6.71. The molecular formula is C14H28N2. The summed E-state index contributed by atoms with van der Waals surface area (Å²) in [6.07, 6.45) is 5.53. The van der Waals surface area contributed by atoms with Crippen LogP contribution in [0.1, 0.15) is 39.5 Å². The third-order valence-electron chi connectivity index (χ3n) is 3.71. The number of hydrogen-bond acceptors (Lipinski definition) is 2. The molecule has 0 bridgehead atoms. The van der Waals surface area contributed by atoms with Gasteiger partial charge in [0, 0.05) is 19.1 Å². The second kappa shape index (κ2) is 7.08. The smallest absolute Gasteiger partial charge is 0.0202 e. The van der Waals surface area contributed by atoms with E-state index in [9.17, 15) is 0 Å². The SMILES string of the molecule is C=C(CNCC)CN(C)C1CCC(C)CC1. The van der Waals surface area contributed by atoms with Crippen LogP contribution < -0.4 is 5.32 Å². The molecule has 16 heavy (non-hydrogen) atoms. The van der Waals surface area contributed by atoms with Crippen LogP contribution in [0.4, 0.5) is 0 Å². The predicted octanol–water partition coefficient (Wildman–Crippen LogP) is 2.66. The first-order chi connectivity index (χ1) is 7.63. The maximum atomic E-state index is 4.14. The normalized spacial score (nSPS) is 26.0. The Morgan fingerprint density at radius 2 is 1.94 bits per heavy atom. The van der Waals surface area contributed by atoms with E-state index in [1.807, 2.05) is 0 Å². The van der Waals surface area contributed by atoms with Crippen LogP contribution in [0.2, 0.25) is 0 Å². The lowest BCUT2D eigenvalue weighted by Gasteiger charge is -2.34. The van der Waals surface area contributed by atoms with Gasteiger partial charge in [-0.3, -0.25) is 4.90 Å². The van der Waals surface area contributed by atoms with Crippen molar-refractivity contribution in [1.82, 2.24) is 10.2 Å². The minimum atomic E-state index is 0.787. The highest BCUT2D eigenvalue weighted by Gasteiger charge is 2.21. The summed E-state index contributed by atoms with van der Waals surface area (Å²) in [4.78, 5) is 2.49. The van der Waals surface area contributed by atoms with Gasteiger partial charge in [-0.25, -0.2) is 0 Å². The van der Waals surface area contributed by atoms with Crippen molar-refractivity contribution in [2.75, 3.05) is 26.7 Å². The van der Waals surface area contributed by atoms with E-state index in [1.165, 1.54) is 31.3 Å². The standard InChI is InChI=1S/C14H28N2/c1-5-15-10-13(3)11-16(4)14-8-6-12(2)7-9-14/h12,14-15H,3,5-11H2,1-2,4H3. The van der Waals surface area contributed by atoms with Gasteiger partial charge in [0.2, 0.25) is 0 Å². The minimum Gasteiger partial charge on any atom is -0.313 e. The topological polar surface area (TPSA) is 15.3 Å². The molecule has 1 fully saturated rings. The van der Waals surface area contributed by atoms with Gasteiger partial charge >= 0.3 is 0 Å². The molecule has 0 saturated heterocycles. The zero-order valence-corrected chi connectivity index (χ0v) is 11.3. The number of likely N-dealkylation sites (N-methyl/N-ethyl adjacent to an activating group) is 2. The highest BCUT2D eigenvalue weighted by atomic mass is 15.1. The van der Waals surface area contributed by atoms with Crippen molar-refractivity contribution in [3.63, 3.8) is 0 Å². The second-order valence-electron chi connectivity index (χ2n) is 5.36. The first-order valence-corrected chi connectivity index (χ1v) is 6.71. The van der Waals surface area contributed by atoms with Crippen LogP contribution in [-0.2, 0) is 0 Å². The average molecular weight is 224 g/mol. The lowest BCUT2D eigenvalue weighted by molar-refractivity contribution is 0.181. The molecule has 0 aromatic heterocycles. The number of rotatable bonds is 6. The summed E-state index contributed by atoms with van der Waals surface area (Å²) >= 11 is 0. The third kappa shape index (κ3) is 4.67. The van der Waals surface area contributed by atoms with Crippen molar-refractivity contribution in [3.05, 3.63) is 12.2 Å². The van der Waals surface area contributed by atoms with Gasteiger partial charge in [-0.15, -0.1) is 0 Å². The lowest BCUT2D eigenvalue weighted by Crippen LogP contribution is -2.37. The summed E-state index contributed by atoms with van der Waals surface area (Å²) < 4.78 is 0. The Labute approximate surface area is 101 Å². The Hall–Kier alpha value is -0.340. The van der Waals surface area contributed by atoms with Gasteiger partial charge in [-0.05, 0) is 50.8 Å². The van der Waals surface area contributed by atoms with Crippen molar-refractivity contribution in [3.8, 4) is 0 Å². The zero-order chi connectivity index (χ0) is 12.0. The van der Waals surface area contributed by atoms with Crippen molar-refractivity contribution >= 4 is 0 Å². The maximum absolute atomic E-state index is 4.14. The van der Waals surface area contributed by atoms with Crippen LogP contribution in [0.3, 0.4) is 0 Å². The van der Waals surface area contributed by atoms with Gasteiger partial charge in [-0.2, -0.15) is 0 Å².